The summed E-state index contributed by atoms with van der Waals surface area (Å²) in [5, 5.41) is 6.43. The first-order valence-electron chi connectivity index (χ1n) is 5.73. The number of carbonyl (C=O) groups is 2. The maximum atomic E-state index is 11.0. The lowest BCUT2D eigenvalue weighted by Gasteiger charge is -2.13. The molecule has 1 aliphatic carbocycles. The van der Waals surface area contributed by atoms with Crippen LogP contribution in [-0.2, 0) is 14.4 Å². The third-order valence-corrected chi connectivity index (χ3v) is 3.09. The maximum Gasteiger partial charge on any atom is 0.213 e. The van der Waals surface area contributed by atoms with Crippen LogP contribution >= 0.6 is 11.5 Å². The van der Waals surface area contributed by atoms with Crippen molar-refractivity contribution in [2.45, 2.75) is 25.4 Å². The summed E-state index contributed by atoms with van der Waals surface area (Å²) in [6.07, 6.45) is 7.79. The SMILES string of the molecule is O=CNc1nc(C(C=O)=NOC2C=CCCC2)ns1. The number of oxime groups is 1. The van der Waals surface area contributed by atoms with Crippen molar-refractivity contribution in [3.63, 3.8) is 0 Å². The molecule has 0 aliphatic heterocycles. The number of anilines is 1. The largest absolute Gasteiger partial charge is 0.388 e. The minimum absolute atomic E-state index is 0.00849. The highest BCUT2D eigenvalue weighted by atomic mass is 32.1. The van der Waals surface area contributed by atoms with Crippen LogP contribution in [-0.4, -0.2) is 33.9 Å². The van der Waals surface area contributed by atoms with E-state index in [1.165, 1.54) is 0 Å². The van der Waals surface area contributed by atoms with Crippen molar-refractivity contribution in [2.75, 3.05) is 5.32 Å². The van der Waals surface area contributed by atoms with Gasteiger partial charge in [0.1, 0.15) is 6.10 Å². The minimum atomic E-state index is -0.116. The summed E-state index contributed by atoms with van der Waals surface area (Å²) in [7, 11) is 0. The molecule has 100 valence electrons. The van der Waals surface area contributed by atoms with Gasteiger partial charge >= 0.3 is 0 Å². The molecular weight excluding hydrogens is 268 g/mol. The Morgan fingerprint density at radius 2 is 2.47 bits per heavy atom. The molecule has 0 saturated heterocycles. The van der Waals surface area contributed by atoms with Gasteiger partial charge in [-0.15, -0.1) is 0 Å². The number of nitrogens with one attached hydrogen (secondary N) is 1. The molecule has 1 amide bonds. The van der Waals surface area contributed by atoms with Crippen molar-refractivity contribution in [1.82, 2.24) is 9.36 Å². The Kier molecular flexibility index (Phi) is 4.73. The summed E-state index contributed by atoms with van der Waals surface area (Å²) in [6, 6.07) is 0. The summed E-state index contributed by atoms with van der Waals surface area (Å²) >= 11 is 0.967. The zero-order valence-corrected chi connectivity index (χ0v) is 10.8. The molecule has 8 heteroatoms. The summed E-state index contributed by atoms with van der Waals surface area (Å²) in [5.41, 5.74) is 0.00849. The number of amides is 1. The Bertz CT molecular complexity index is 512. The van der Waals surface area contributed by atoms with Crippen molar-refractivity contribution in [3.05, 3.63) is 18.0 Å². The summed E-state index contributed by atoms with van der Waals surface area (Å²) in [6.45, 7) is 0. The van der Waals surface area contributed by atoms with Gasteiger partial charge in [-0.05, 0) is 25.3 Å². The van der Waals surface area contributed by atoms with Gasteiger partial charge in [0.15, 0.2) is 17.8 Å². The highest BCUT2D eigenvalue weighted by molar-refractivity contribution is 7.10. The van der Waals surface area contributed by atoms with Gasteiger partial charge in [-0.3, -0.25) is 9.59 Å². The average molecular weight is 280 g/mol. The third-order valence-electron chi connectivity index (χ3n) is 2.45. The zero-order chi connectivity index (χ0) is 13.5. The first-order valence-corrected chi connectivity index (χ1v) is 6.50. The van der Waals surface area contributed by atoms with E-state index in [-0.39, 0.29) is 17.6 Å². The first kappa shape index (κ1) is 13.3. The van der Waals surface area contributed by atoms with Crippen molar-refractivity contribution in [3.8, 4) is 0 Å². The average Bonchev–Trinajstić information content (AvgIpc) is 2.90. The van der Waals surface area contributed by atoms with Crippen LogP contribution in [0.1, 0.15) is 25.1 Å². The Labute approximate surface area is 113 Å². The van der Waals surface area contributed by atoms with Crippen molar-refractivity contribution in [2.24, 2.45) is 5.16 Å². The van der Waals surface area contributed by atoms with Crippen LogP contribution in [0.25, 0.3) is 0 Å². The molecule has 0 saturated carbocycles. The number of carbonyl (C=O) groups excluding carboxylic acids is 2. The molecule has 1 atom stereocenters. The Hall–Kier alpha value is -2.09. The van der Waals surface area contributed by atoms with Gasteiger partial charge < -0.3 is 10.2 Å². The lowest BCUT2D eigenvalue weighted by Crippen LogP contribution is -2.13. The van der Waals surface area contributed by atoms with Gasteiger partial charge in [-0.25, -0.2) is 0 Å². The molecule has 19 heavy (non-hydrogen) atoms. The smallest absolute Gasteiger partial charge is 0.213 e. The highest BCUT2D eigenvalue weighted by Gasteiger charge is 2.13. The van der Waals surface area contributed by atoms with Crippen LogP contribution in [0.3, 0.4) is 0 Å². The second-order valence-electron chi connectivity index (χ2n) is 3.78. The van der Waals surface area contributed by atoms with Crippen LogP contribution < -0.4 is 5.32 Å². The molecule has 1 aromatic rings. The fraction of sp³-hybridized carbons (Fsp3) is 0.364. The highest BCUT2D eigenvalue weighted by Crippen LogP contribution is 2.14. The molecule has 7 nitrogen and oxygen atoms in total. The van der Waals surface area contributed by atoms with Crippen LogP contribution in [0, 0.1) is 0 Å². The van der Waals surface area contributed by atoms with Crippen molar-refractivity contribution < 1.29 is 14.4 Å². The van der Waals surface area contributed by atoms with E-state index in [1.807, 2.05) is 12.2 Å². The van der Waals surface area contributed by atoms with Crippen molar-refractivity contribution >= 4 is 35.1 Å². The van der Waals surface area contributed by atoms with E-state index in [1.54, 1.807) is 0 Å². The number of nitrogens with zero attached hydrogens (tertiary/aromatic N) is 3. The summed E-state index contributed by atoms with van der Waals surface area (Å²) in [4.78, 5) is 30.4. The normalized spacial score (nSPS) is 18.9. The molecule has 0 radical (unpaired) electrons. The Balaban J connectivity index is 2.04. The fourth-order valence-corrected chi connectivity index (χ4v) is 2.08. The molecule has 0 bridgehead atoms. The van der Waals surface area contributed by atoms with E-state index < -0.39 is 0 Å². The maximum absolute atomic E-state index is 11.0. The van der Waals surface area contributed by atoms with E-state index in [2.05, 4.69) is 19.8 Å². The van der Waals surface area contributed by atoms with E-state index in [4.69, 9.17) is 4.84 Å². The molecule has 1 N–H and O–H groups in total. The Morgan fingerprint density at radius 3 is 3.16 bits per heavy atom. The summed E-state index contributed by atoms with van der Waals surface area (Å²) < 4.78 is 3.92. The quantitative estimate of drug-likeness (QED) is 0.365. The third kappa shape index (κ3) is 3.68. The Morgan fingerprint density at radius 1 is 1.58 bits per heavy atom. The van der Waals surface area contributed by atoms with Gasteiger partial charge in [0, 0.05) is 11.5 Å². The summed E-state index contributed by atoms with van der Waals surface area (Å²) in [5.74, 6) is 0.143. The van der Waals surface area contributed by atoms with E-state index in [0.717, 1.165) is 30.8 Å². The number of rotatable bonds is 6. The molecule has 0 spiro atoms. The van der Waals surface area contributed by atoms with Crippen LogP contribution in [0.4, 0.5) is 5.13 Å². The number of aromatic nitrogens is 2. The van der Waals surface area contributed by atoms with E-state index in [0.29, 0.717) is 17.8 Å². The second kappa shape index (κ2) is 6.74. The lowest BCUT2D eigenvalue weighted by molar-refractivity contribution is -0.105. The number of aldehydes is 1. The van der Waals surface area contributed by atoms with Gasteiger partial charge in [0.2, 0.25) is 11.5 Å². The van der Waals surface area contributed by atoms with Gasteiger partial charge in [-0.2, -0.15) is 9.36 Å². The predicted molar refractivity (Wildman–Crippen MR) is 70.1 cm³/mol. The topological polar surface area (TPSA) is 93.5 Å². The molecule has 2 rings (SSSR count). The van der Waals surface area contributed by atoms with Gasteiger partial charge in [0.25, 0.3) is 0 Å². The van der Waals surface area contributed by atoms with E-state index >= 15 is 0 Å². The van der Waals surface area contributed by atoms with Crippen LogP contribution in [0.15, 0.2) is 17.3 Å². The number of allylic oxidation sites excluding steroid dienone is 1. The zero-order valence-electron chi connectivity index (χ0n) is 9.98. The molecule has 1 unspecified atom stereocenters. The van der Waals surface area contributed by atoms with Gasteiger partial charge in [0.05, 0.1) is 0 Å². The minimum Gasteiger partial charge on any atom is -0.388 e. The molecule has 0 fully saturated rings. The lowest BCUT2D eigenvalue weighted by atomic mass is 10.1. The van der Waals surface area contributed by atoms with Crippen LogP contribution in [0.5, 0.6) is 0 Å². The molecule has 0 aromatic carbocycles. The fourth-order valence-electron chi connectivity index (χ4n) is 1.55. The second-order valence-corrected chi connectivity index (χ2v) is 4.53. The standard InChI is InChI=1S/C11H12N4O3S/c16-6-9(10-13-11(12-7-17)19-15-10)14-18-8-4-2-1-3-5-8/h2,4,6-8H,1,3,5H2,(H,12,13,15,17). The molecule has 1 aromatic heterocycles. The monoisotopic (exact) mass is 280 g/mol. The van der Waals surface area contributed by atoms with Crippen LogP contribution in [0.2, 0.25) is 0 Å². The van der Waals surface area contributed by atoms with E-state index in [9.17, 15) is 9.59 Å². The van der Waals surface area contributed by atoms with Gasteiger partial charge in [-0.1, -0.05) is 11.2 Å². The number of hydrogen-bond donors (Lipinski definition) is 1. The molecule has 1 heterocycles. The molecular formula is C11H12N4O3S. The number of hydrogen-bond acceptors (Lipinski definition) is 7. The first-order chi connectivity index (χ1) is 9.33. The molecule has 1 aliphatic rings. The van der Waals surface area contributed by atoms with Crippen molar-refractivity contribution in [1.29, 1.82) is 0 Å². The predicted octanol–water partition coefficient (Wildman–Crippen LogP) is 1.13.